The van der Waals surface area contributed by atoms with Crippen LogP contribution in [0.1, 0.15) is 19.8 Å². The van der Waals surface area contributed by atoms with Crippen molar-refractivity contribution < 1.29 is 18.7 Å². The van der Waals surface area contributed by atoms with Crippen LogP contribution in [0.5, 0.6) is 5.75 Å². The number of hydrogen-bond acceptors (Lipinski definition) is 5. The van der Waals surface area contributed by atoms with E-state index in [4.69, 9.17) is 4.74 Å². The molecular weight excluding hydrogens is 353 g/mol. The largest absolute Gasteiger partial charge is 0.488 e. The Labute approximate surface area is 155 Å². The Bertz CT molecular complexity index is 818. The van der Waals surface area contributed by atoms with E-state index in [1.165, 1.54) is 31.5 Å². The maximum absolute atomic E-state index is 13.9. The highest BCUT2D eigenvalue weighted by Crippen LogP contribution is 2.24. The highest BCUT2D eigenvalue weighted by atomic mass is 19.1. The predicted molar refractivity (Wildman–Crippen MR) is 97.0 cm³/mol. The maximum atomic E-state index is 13.9. The molecule has 0 saturated carbocycles. The number of carbonyl (C=O) groups excluding carboxylic acids is 2. The Kier molecular flexibility index (Phi) is 5.80. The summed E-state index contributed by atoms with van der Waals surface area (Å²) in [5.41, 5.74) is 0.714. The van der Waals surface area contributed by atoms with E-state index in [9.17, 15) is 14.0 Å². The first-order valence-corrected chi connectivity index (χ1v) is 8.57. The normalized spacial score (nSPS) is 16.5. The lowest BCUT2D eigenvalue weighted by Gasteiger charge is -2.32. The van der Waals surface area contributed by atoms with E-state index in [2.05, 4.69) is 20.8 Å². The molecule has 1 unspecified atom stereocenters. The van der Waals surface area contributed by atoms with E-state index < -0.39 is 11.8 Å². The first kappa shape index (κ1) is 18.6. The number of halogens is 1. The van der Waals surface area contributed by atoms with Gasteiger partial charge in [0.25, 0.3) is 0 Å². The molecule has 3 amide bonds. The van der Waals surface area contributed by atoms with E-state index in [0.717, 1.165) is 12.8 Å². The molecule has 27 heavy (non-hydrogen) atoms. The number of likely N-dealkylation sites (tertiary alicyclic amines) is 1. The Morgan fingerprint density at radius 3 is 2.78 bits per heavy atom. The molecule has 2 N–H and O–H groups in total. The summed E-state index contributed by atoms with van der Waals surface area (Å²) >= 11 is 0. The minimum Gasteiger partial charge on any atom is -0.488 e. The SMILES string of the molecule is CC(=O)N1CCCC(Oc2cc(F)cc(NC(=O)Nc3ccnnc3)c2)C1. The number of aromatic nitrogens is 2. The smallest absolute Gasteiger partial charge is 0.323 e. The minimum absolute atomic E-state index is 0.00725. The van der Waals surface area contributed by atoms with E-state index in [-0.39, 0.29) is 17.7 Å². The summed E-state index contributed by atoms with van der Waals surface area (Å²) in [5.74, 6) is -0.244. The summed E-state index contributed by atoms with van der Waals surface area (Å²) < 4.78 is 19.8. The number of rotatable bonds is 4. The zero-order valence-electron chi connectivity index (χ0n) is 14.8. The fourth-order valence-corrected chi connectivity index (χ4v) is 2.87. The van der Waals surface area contributed by atoms with Gasteiger partial charge in [0.05, 0.1) is 24.6 Å². The number of anilines is 2. The summed E-state index contributed by atoms with van der Waals surface area (Å²) in [6.07, 6.45) is 4.22. The molecule has 1 aliphatic rings. The summed E-state index contributed by atoms with van der Waals surface area (Å²) in [7, 11) is 0. The molecule has 0 aliphatic carbocycles. The number of urea groups is 1. The molecule has 2 aromatic rings. The van der Waals surface area contributed by atoms with Crippen LogP contribution in [-0.4, -0.2) is 46.2 Å². The van der Waals surface area contributed by atoms with Gasteiger partial charge in [-0.05, 0) is 25.0 Å². The summed E-state index contributed by atoms with van der Waals surface area (Å²) in [4.78, 5) is 25.3. The Hall–Kier alpha value is -3.23. The number of piperidine rings is 1. The van der Waals surface area contributed by atoms with E-state index in [1.54, 1.807) is 17.0 Å². The lowest BCUT2D eigenvalue weighted by atomic mass is 10.1. The monoisotopic (exact) mass is 373 g/mol. The van der Waals surface area contributed by atoms with Gasteiger partial charge in [0.2, 0.25) is 5.91 Å². The van der Waals surface area contributed by atoms with Crippen LogP contribution >= 0.6 is 0 Å². The van der Waals surface area contributed by atoms with Crippen LogP contribution in [0.2, 0.25) is 0 Å². The van der Waals surface area contributed by atoms with Crippen molar-refractivity contribution in [3.8, 4) is 5.75 Å². The third kappa shape index (κ3) is 5.37. The number of nitrogens with one attached hydrogen (secondary N) is 2. The molecule has 1 fully saturated rings. The Morgan fingerprint density at radius 2 is 2.04 bits per heavy atom. The van der Waals surface area contributed by atoms with Crippen molar-refractivity contribution in [3.05, 3.63) is 42.5 Å². The van der Waals surface area contributed by atoms with Crippen LogP contribution < -0.4 is 15.4 Å². The van der Waals surface area contributed by atoms with Gasteiger partial charge >= 0.3 is 6.03 Å². The molecule has 8 nitrogen and oxygen atoms in total. The van der Waals surface area contributed by atoms with Crippen LogP contribution in [0.4, 0.5) is 20.6 Å². The Balaban J connectivity index is 1.63. The fraction of sp³-hybridized carbons (Fsp3) is 0.333. The van der Waals surface area contributed by atoms with Crippen LogP contribution in [0, 0.1) is 5.82 Å². The highest BCUT2D eigenvalue weighted by molar-refractivity contribution is 5.99. The summed E-state index contributed by atoms with van der Waals surface area (Å²) in [6, 6.07) is 5.03. The second kappa shape index (κ2) is 8.43. The van der Waals surface area contributed by atoms with Crippen molar-refractivity contribution in [2.75, 3.05) is 23.7 Å². The number of carbonyl (C=O) groups is 2. The molecule has 1 aromatic heterocycles. The van der Waals surface area contributed by atoms with Gasteiger partial charge in [0, 0.05) is 31.3 Å². The van der Waals surface area contributed by atoms with Gasteiger partial charge in [-0.15, -0.1) is 0 Å². The molecule has 0 bridgehead atoms. The van der Waals surface area contributed by atoms with Crippen molar-refractivity contribution in [1.29, 1.82) is 0 Å². The molecule has 0 radical (unpaired) electrons. The van der Waals surface area contributed by atoms with Gasteiger partial charge in [-0.25, -0.2) is 9.18 Å². The van der Waals surface area contributed by atoms with Gasteiger partial charge in [-0.3, -0.25) is 4.79 Å². The molecule has 1 aliphatic heterocycles. The van der Waals surface area contributed by atoms with E-state index in [0.29, 0.717) is 24.5 Å². The van der Waals surface area contributed by atoms with Crippen LogP contribution in [-0.2, 0) is 4.79 Å². The van der Waals surface area contributed by atoms with Crippen LogP contribution in [0.3, 0.4) is 0 Å². The highest BCUT2D eigenvalue weighted by Gasteiger charge is 2.23. The van der Waals surface area contributed by atoms with Crippen LogP contribution in [0.15, 0.2) is 36.7 Å². The first-order chi connectivity index (χ1) is 13.0. The molecule has 0 spiro atoms. The van der Waals surface area contributed by atoms with E-state index >= 15 is 0 Å². The van der Waals surface area contributed by atoms with Gasteiger partial charge < -0.3 is 20.3 Å². The lowest BCUT2D eigenvalue weighted by molar-refractivity contribution is -0.131. The first-order valence-electron chi connectivity index (χ1n) is 8.57. The molecule has 1 atom stereocenters. The topological polar surface area (TPSA) is 96.5 Å². The van der Waals surface area contributed by atoms with Gasteiger partial charge in [0.15, 0.2) is 0 Å². The molecule has 3 rings (SSSR count). The quantitative estimate of drug-likeness (QED) is 0.859. The van der Waals surface area contributed by atoms with Crippen molar-refractivity contribution in [1.82, 2.24) is 15.1 Å². The van der Waals surface area contributed by atoms with Gasteiger partial charge in [-0.1, -0.05) is 0 Å². The average molecular weight is 373 g/mol. The second-order valence-corrected chi connectivity index (χ2v) is 6.23. The number of amides is 3. The third-order valence-electron chi connectivity index (χ3n) is 4.10. The zero-order valence-corrected chi connectivity index (χ0v) is 14.8. The zero-order chi connectivity index (χ0) is 19.2. The number of nitrogens with zero attached hydrogens (tertiary/aromatic N) is 3. The average Bonchev–Trinajstić information content (AvgIpc) is 2.62. The predicted octanol–water partition coefficient (Wildman–Crippen LogP) is 2.65. The standard InChI is InChI=1S/C18H20FN5O3/c1-12(25)24-6-2-3-16(11-24)27-17-8-13(19)7-15(9-17)23-18(26)22-14-4-5-20-21-10-14/h4-5,7-10,16H,2-3,6,11H2,1H3,(H2,20,22,23,26). The molecule has 1 aromatic carbocycles. The Morgan fingerprint density at radius 1 is 1.22 bits per heavy atom. The van der Waals surface area contributed by atoms with Crippen molar-refractivity contribution >= 4 is 23.3 Å². The van der Waals surface area contributed by atoms with E-state index in [1.807, 2.05) is 0 Å². The minimum atomic E-state index is -0.542. The number of benzene rings is 1. The summed E-state index contributed by atoms with van der Waals surface area (Å²) in [5, 5.41) is 12.4. The molecule has 9 heteroatoms. The fourth-order valence-electron chi connectivity index (χ4n) is 2.87. The molecular formula is C18H20FN5O3. The molecule has 1 saturated heterocycles. The van der Waals surface area contributed by atoms with Gasteiger partial charge in [0.1, 0.15) is 17.7 Å². The number of hydrogen-bond donors (Lipinski definition) is 2. The third-order valence-corrected chi connectivity index (χ3v) is 4.10. The van der Waals surface area contributed by atoms with Crippen molar-refractivity contribution in [2.24, 2.45) is 0 Å². The lowest BCUT2D eigenvalue weighted by Crippen LogP contribution is -2.43. The van der Waals surface area contributed by atoms with Gasteiger partial charge in [-0.2, -0.15) is 10.2 Å². The van der Waals surface area contributed by atoms with Crippen molar-refractivity contribution in [3.63, 3.8) is 0 Å². The maximum Gasteiger partial charge on any atom is 0.323 e. The molecule has 142 valence electrons. The van der Waals surface area contributed by atoms with Crippen LogP contribution in [0.25, 0.3) is 0 Å². The summed E-state index contributed by atoms with van der Waals surface area (Å²) in [6.45, 7) is 2.68. The second-order valence-electron chi connectivity index (χ2n) is 6.23. The molecule has 2 heterocycles. The van der Waals surface area contributed by atoms with Crippen molar-refractivity contribution in [2.45, 2.75) is 25.9 Å². The number of ether oxygens (including phenoxy) is 1.